The number of hydrogen-bond donors (Lipinski definition) is 2. The van der Waals surface area contributed by atoms with Gasteiger partial charge in [-0.05, 0) is 44.9 Å². The van der Waals surface area contributed by atoms with Crippen LogP contribution in [-0.2, 0) is 4.79 Å². The van der Waals surface area contributed by atoms with Gasteiger partial charge in [0.1, 0.15) is 6.10 Å². The fourth-order valence-electron chi connectivity index (χ4n) is 2.72. The van der Waals surface area contributed by atoms with Gasteiger partial charge in [-0.15, -0.1) is 12.4 Å². The van der Waals surface area contributed by atoms with E-state index in [9.17, 15) is 9.18 Å². The first-order valence-electron chi connectivity index (χ1n) is 8.02. The largest absolute Gasteiger partial charge is 0.486 e. The second-order valence-electron chi connectivity index (χ2n) is 5.90. The van der Waals surface area contributed by atoms with Gasteiger partial charge in [-0.3, -0.25) is 4.79 Å². The quantitative estimate of drug-likeness (QED) is 0.834. The summed E-state index contributed by atoms with van der Waals surface area (Å²) in [6.45, 7) is 5.34. The molecule has 1 saturated heterocycles. The molecule has 1 fully saturated rings. The topological polar surface area (TPSA) is 50.4 Å². The molecule has 0 bridgehead atoms. The number of carbonyl (C=O) groups excluding carboxylic acids is 1. The van der Waals surface area contributed by atoms with Gasteiger partial charge in [0.15, 0.2) is 11.6 Å². The van der Waals surface area contributed by atoms with Crippen LogP contribution >= 0.6 is 12.4 Å². The standard InChI is InChI=1S/C17H25FN2O2.ClH/c1-3-14(22-16-7-5-4-6-15(16)18)11-20-17(21)13-8-9-19-12(2)10-13;/h4-7,12-14,19H,3,8-11H2,1-2H3,(H,20,21);1H/t12-,13-,14?;/m0./s1. The van der Waals surface area contributed by atoms with Crippen molar-refractivity contribution in [3.8, 4) is 5.75 Å². The van der Waals surface area contributed by atoms with Crippen molar-refractivity contribution in [2.24, 2.45) is 5.92 Å². The monoisotopic (exact) mass is 344 g/mol. The predicted octanol–water partition coefficient (Wildman–Crippen LogP) is 2.91. The smallest absolute Gasteiger partial charge is 0.223 e. The number of carbonyl (C=O) groups is 1. The average molecular weight is 345 g/mol. The molecule has 1 aliphatic heterocycles. The number of benzene rings is 1. The summed E-state index contributed by atoms with van der Waals surface area (Å²) in [6, 6.07) is 6.72. The summed E-state index contributed by atoms with van der Waals surface area (Å²) in [7, 11) is 0. The fourth-order valence-corrected chi connectivity index (χ4v) is 2.72. The number of halogens is 2. The van der Waals surface area contributed by atoms with Crippen LogP contribution in [0.15, 0.2) is 24.3 Å². The molecule has 2 rings (SSSR count). The Kier molecular flexibility index (Phi) is 8.34. The number of para-hydroxylation sites is 1. The van der Waals surface area contributed by atoms with Crippen LogP contribution in [0.2, 0.25) is 0 Å². The molecule has 6 heteroatoms. The first kappa shape index (κ1) is 19.7. The molecule has 1 heterocycles. The highest BCUT2D eigenvalue weighted by Gasteiger charge is 2.25. The third kappa shape index (κ3) is 5.99. The summed E-state index contributed by atoms with van der Waals surface area (Å²) >= 11 is 0. The minimum atomic E-state index is -0.376. The van der Waals surface area contributed by atoms with E-state index in [-0.39, 0.29) is 41.9 Å². The maximum absolute atomic E-state index is 13.6. The number of hydrogen-bond acceptors (Lipinski definition) is 3. The molecule has 2 N–H and O–H groups in total. The molecule has 1 aromatic carbocycles. The zero-order valence-electron chi connectivity index (χ0n) is 13.7. The van der Waals surface area contributed by atoms with E-state index in [0.29, 0.717) is 19.0 Å². The SMILES string of the molecule is CCC(CNC(=O)[C@H]1CCN[C@@H](C)C1)Oc1ccccc1F.Cl. The Morgan fingerprint density at radius 2 is 2.22 bits per heavy atom. The summed E-state index contributed by atoms with van der Waals surface area (Å²) in [5.74, 6) is -0.00954. The first-order valence-corrected chi connectivity index (χ1v) is 8.02. The van der Waals surface area contributed by atoms with Crippen LogP contribution < -0.4 is 15.4 Å². The van der Waals surface area contributed by atoms with Gasteiger partial charge in [0.2, 0.25) is 5.91 Å². The van der Waals surface area contributed by atoms with Crippen molar-refractivity contribution in [2.45, 2.75) is 45.3 Å². The van der Waals surface area contributed by atoms with Crippen molar-refractivity contribution < 1.29 is 13.9 Å². The molecule has 1 aliphatic rings. The molecule has 3 atom stereocenters. The Morgan fingerprint density at radius 3 is 2.87 bits per heavy atom. The van der Waals surface area contributed by atoms with Gasteiger partial charge < -0.3 is 15.4 Å². The van der Waals surface area contributed by atoms with Crippen molar-refractivity contribution in [1.82, 2.24) is 10.6 Å². The maximum atomic E-state index is 13.6. The van der Waals surface area contributed by atoms with Crippen molar-refractivity contribution in [3.05, 3.63) is 30.1 Å². The van der Waals surface area contributed by atoms with E-state index in [4.69, 9.17) is 4.74 Å². The Hall–Kier alpha value is -1.33. The molecular formula is C17H26ClFN2O2. The Balaban J connectivity index is 0.00000264. The second-order valence-corrected chi connectivity index (χ2v) is 5.90. The van der Waals surface area contributed by atoms with Gasteiger partial charge in [-0.25, -0.2) is 4.39 Å². The Morgan fingerprint density at radius 1 is 1.48 bits per heavy atom. The minimum absolute atomic E-state index is 0. The van der Waals surface area contributed by atoms with E-state index in [1.807, 2.05) is 6.92 Å². The van der Waals surface area contributed by atoms with E-state index >= 15 is 0 Å². The lowest BCUT2D eigenvalue weighted by Gasteiger charge is -2.27. The van der Waals surface area contributed by atoms with Gasteiger partial charge in [-0.1, -0.05) is 19.1 Å². The summed E-state index contributed by atoms with van der Waals surface area (Å²) < 4.78 is 19.3. The molecule has 1 aromatic rings. The van der Waals surface area contributed by atoms with E-state index in [2.05, 4.69) is 17.6 Å². The van der Waals surface area contributed by atoms with Crippen molar-refractivity contribution in [1.29, 1.82) is 0 Å². The normalized spacial score (nSPS) is 21.9. The van der Waals surface area contributed by atoms with Crippen LogP contribution in [0.3, 0.4) is 0 Å². The van der Waals surface area contributed by atoms with Crippen molar-refractivity contribution in [3.63, 3.8) is 0 Å². The lowest BCUT2D eigenvalue weighted by molar-refractivity contribution is -0.126. The lowest BCUT2D eigenvalue weighted by atomic mass is 9.92. The minimum Gasteiger partial charge on any atom is -0.486 e. The molecule has 0 spiro atoms. The summed E-state index contributed by atoms with van der Waals surface area (Å²) in [6.07, 6.45) is 2.20. The Labute approximate surface area is 143 Å². The van der Waals surface area contributed by atoms with Crippen molar-refractivity contribution >= 4 is 18.3 Å². The van der Waals surface area contributed by atoms with Crippen molar-refractivity contribution in [2.75, 3.05) is 13.1 Å². The molecule has 1 amide bonds. The predicted molar refractivity (Wildman–Crippen MR) is 91.6 cm³/mol. The molecule has 0 aliphatic carbocycles. The fraction of sp³-hybridized carbons (Fsp3) is 0.588. The number of amides is 1. The van der Waals surface area contributed by atoms with Crippen LogP contribution in [0.25, 0.3) is 0 Å². The first-order chi connectivity index (χ1) is 10.6. The summed E-state index contributed by atoms with van der Waals surface area (Å²) in [5.41, 5.74) is 0. The Bertz CT molecular complexity index is 501. The van der Waals surface area contributed by atoms with Crippen LogP contribution in [0.1, 0.15) is 33.1 Å². The highest BCUT2D eigenvalue weighted by molar-refractivity contribution is 5.85. The van der Waals surface area contributed by atoms with E-state index in [1.54, 1.807) is 18.2 Å². The molecule has 1 unspecified atom stereocenters. The molecule has 130 valence electrons. The van der Waals surface area contributed by atoms with Gasteiger partial charge in [0.25, 0.3) is 0 Å². The molecule has 0 saturated carbocycles. The van der Waals surface area contributed by atoms with Crippen LogP contribution in [-0.4, -0.2) is 31.1 Å². The zero-order valence-corrected chi connectivity index (χ0v) is 14.5. The maximum Gasteiger partial charge on any atom is 0.223 e. The molecule has 0 radical (unpaired) electrons. The second kappa shape index (κ2) is 9.73. The molecular weight excluding hydrogens is 319 g/mol. The third-order valence-electron chi connectivity index (χ3n) is 4.08. The highest BCUT2D eigenvalue weighted by atomic mass is 35.5. The zero-order chi connectivity index (χ0) is 15.9. The summed E-state index contributed by atoms with van der Waals surface area (Å²) in [4.78, 5) is 12.2. The van der Waals surface area contributed by atoms with Crippen LogP contribution in [0.4, 0.5) is 4.39 Å². The van der Waals surface area contributed by atoms with Gasteiger partial charge in [0, 0.05) is 12.0 Å². The van der Waals surface area contributed by atoms with Gasteiger partial charge in [0.05, 0.1) is 6.54 Å². The van der Waals surface area contributed by atoms with E-state index < -0.39 is 0 Å². The molecule has 0 aromatic heterocycles. The number of piperidine rings is 1. The summed E-state index contributed by atoms with van der Waals surface area (Å²) in [5, 5.41) is 6.28. The van der Waals surface area contributed by atoms with E-state index in [0.717, 1.165) is 19.4 Å². The number of rotatable bonds is 6. The number of nitrogens with one attached hydrogen (secondary N) is 2. The molecule has 4 nitrogen and oxygen atoms in total. The third-order valence-corrected chi connectivity index (χ3v) is 4.08. The van der Waals surface area contributed by atoms with Gasteiger partial charge in [-0.2, -0.15) is 0 Å². The number of ether oxygens (including phenoxy) is 1. The molecule has 23 heavy (non-hydrogen) atoms. The lowest BCUT2D eigenvalue weighted by Crippen LogP contribution is -2.44. The highest BCUT2D eigenvalue weighted by Crippen LogP contribution is 2.19. The average Bonchev–Trinajstić information content (AvgIpc) is 2.52. The van der Waals surface area contributed by atoms with Crippen LogP contribution in [0.5, 0.6) is 5.75 Å². The van der Waals surface area contributed by atoms with Crippen LogP contribution in [0, 0.1) is 11.7 Å². The van der Waals surface area contributed by atoms with Gasteiger partial charge >= 0.3 is 0 Å². The van der Waals surface area contributed by atoms with E-state index in [1.165, 1.54) is 6.07 Å².